The quantitative estimate of drug-likeness (QED) is 0.284. The van der Waals surface area contributed by atoms with Crippen LogP contribution in [0.2, 0.25) is 10.0 Å². The second kappa shape index (κ2) is 9.27. The maximum atomic E-state index is 10.9. The highest BCUT2D eigenvalue weighted by Gasteiger charge is 2.22. The van der Waals surface area contributed by atoms with Gasteiger partial charge in [-0.05, 0) is 54.7 Å². The van der Waals surface area contributed by atoms with Crippen LogP contribution in [0.3, 0.4) is 0 Å². The van der Waals surface area contributed by atoms with Crippen LogP contribution in [0.25, 0.3) is 10.9 Å². The molecule has 2 aromatic carbocycles. The van der Waals surface area contributed by atoms with Gasteiger partial charge in [-0.2, -0.15) is 0 Å². The number of halogens is 2. The Balaban J connectivity index is 1.52. The summed E-state index contributed by atoms with van der Waals surface area (Å²) in [5.74, 6) is 0.0126. The monoisotopic (exact) mass is 478 g/mol. The molecular weight excluding hydrogens is 459 g/mol. The number of nitrogens with one attached hydrogen (secondary N) is 2. The van der Waals surface area contributed by atoms with E-state index in [1.54, 1.807) is 16.7 Å². The smallest absolute Gasteiger partial charge is 0.254 e. The molecule has 3 aromatic rings. The van der Waals surface area contributed by atoms with Crippen LogP contribution in [0.15, 0.2) is 47.6 Å². The maximum Gasteiger partial charge on any atom is 0.254 e. The fourth-order valence-corrected chi connectivity index (χ4v) is 4.07. The first kappa shape index (κ1) is 21.6. The van der Waals surface area contributed by atoms with Crippen molar-refractivity contribution < 1.29 is 5.11 Å². The molecule has 0 saturated carbocycles. The molecule has 1 fully saturated rings. The molecule has 0 spiro atoms. The van der Waals surface area contributed by atoms with E-state index in [9.17, 15) is 10.0 Å². The number of hydrogen-bond acceptors (Lipinski definition) is 6. The zero-order valence-electron chi connectivity index (χ0n) is 16.4. The van der Waals surface area contributed by atoms with Crippen molar-refractivity contribution in [1.29, 1.82) is 0 Å². The minimum Gasteiger partial charge on any atom is -0.493 e. The third-order valence-electron chi connectivity index (χ3n) is 5.28. The number of fused-ring (bicyclic) bond motifs is 1. The highest BCUT2D eigenvalue weighted by Crippen LogP contribution is 2.37. The van der Waals surface area contributed by atoms with Gasteiger partial charge < -0.3 is 10.0 Å². The van der Waals surface area contributed by atoms with Gasteiger partial charge in [0, 0.05) is 52.5 Å². The van der Waals surface area contributed by atoms with Crippen LogP contribution in [-0.2, 0) is 6.67 Å². The number of aromatic nitrogens is 1. The standard InChI is InChI=1S/C20H20Cl2N6O2S/c21-13-1-4-15(5-2-13)27-9-7-26(8-10-27)12-28-17-6-3-14(22)11-16(17)18(19(28)29)23-24-20(31)25-30/h1-6,11,23,29H,7-10,12H2,(H,24,31). The predicted octanol–water partition coefficient (Wildman–Crippen LogP) is 4.40. The first-order chi connectivity index (χ1) is 15.0. The lowest BCUT2D eigenvalue weighted by molar-refractivity contribution is 0.200. The van der Waals surface area contributed by atoms with Gasteiger partial charge in [-0.25, -0.2) is 0 Å². The van der Waals surface area contributed by atoms with Gasteiger partial charge in [0.1, 0.15) is 5.69 Å². The molecule has 162 valence electrons. The van der Waals surface area contributed by atoms with E-state index in [0.717, 1.165) is 42.4 Å². The Labute approximate surface area is 194 Å². The van der Waals surface area contributed by atoms with E-state index >= 15 is 0 Å². The van der Waals surface area contributed by atoms with Gasteiger partial charge in [-0.3, -0.25) is 20.3 Å². The second-order valence-electron chi connectivity index (χ2n) is 7.16. The van der Waals surface area contributed by atoms with Crippen molar-refractivity contribution in [2.45, 2.75) is 6.67 Å². The van der Waals surface area contributed by atoms with Crippen LogP contribution in [0.5, 0.6) is 5.88 Å². The SMILES string of the molecule is O=NC(=S)NNc1c(O)n(CN2CCN(c3ccc(Cl)cc3)CC2)c2ccc(Cl)cc12. The van der Waals surface area contributed by atoms with Gasteiger partial charge in [-0.1, -0.05) is 23.2 Å². The molecule has 0 amide bonds. The third kappa shape index (κ3) is 4.69. The Bertz CT molecular complexity index is 1110. The molecular formula is C20H20Cl2N6O2S. The number of hydrazine groups is 1. The largest absolute Gasteiger partial charge is 0.493 e. The Morgan fingerprint density at radius 3 is 2.42 bits per heavy atom. The van der Waals surface area contributed by atoms with Gasteiger partial charge in [0.2, 0.25) is 5.88 Å². The molecule has 0 aliphatic carbocycles. The van der Waals surface area contributed by atoms with E-state index in [4.69, 9.17) is 35.4 Å². The van der Waals surface area contributed by atoms with Gasteiger partial charge >= 0.3 is 0 Å². The summed E-state index contributed by atoms with van der Waals surface area (Å²) in [7, 11) is 0. The van der Waals surface area contributed by atoms with E-state index in [0.29, 0.717) is 22.8 Å². The van der Waals surface area contributed by atoms with E-state index in [2.05, 4.69) is 25.8 Å². The van der Waals surface area contributed by atoms with Crippen LogP contribution in [-0.4, -0.2) is 45.9 Å². The number of hydrogen-bond donors (Lipinski definition) is 3. The molecule has 1 aromatic heterocycles. The van der Waals surface area contributed by atoms with E-state index in [1.165, 1.54) is 0 Å². The summed E-state index contributed by atoms with van der Waals surface area (Å²) in [6.07, 6.45) is 0. The number of nitroso groups, excluding NO2 is 1. The Morgan fingerprint density at radius 2 is 1.74 bits per heavy atom. The summed E-state index contributed by atoms with van der Waals surface area (Å²) in [5.41, 5.74) is 7.60. The molecule has 1 saturated heterocycles. The summed E-state index contributed by atoms with van der Waals surface area (Å²) in [4.78, 5) is 15.1. The Morgan fingerprint density at radius 1 is 1.06 bits per heavy atom. The normalized spacial score (nSPS) is 14.6. The molecule has 1 aliphatic heterocycles. The van der Waals surface area contributed by atoms with Crippen molar-refractivity contribution in [2.75, 3.05) is 36.5 Å². The van der Waals surface area contributed by atoms with Crippen LogP contribution < -0.4 is 15.8 Å². The lowest BCUT2D eigenvalue weighted by Gasteiger charge is -2.36. The van der Waals surface area contributed by atoms with Gasteiger partial charge in [0.05, 0.1) is 12.2 Å². The summed E-state index contributed by atoms with van der Waals surface area (Å²) < 4.78 is 1.80. The van der Waals surface area contributed by atoms with Crippen molar-refractivity contribution in [3.63, 3.8) is 0 Å². The average molecular weight is 479 g/mol. The Hall–Kier alpha value is -2.59. The van der Waals surface area contributed by atoms with E-state index in [1.807, 2.05) is 30.3 Å². The van der Waals surface area contributed by atoms with Crippen LogP contribution >= 0.6 is 35.4 Å². The van der Waals surface area contributed by atoms with Crippen LogP contribution in [0.4, 0.5) is 11.4 Å². The molecule has 31 heavy (non-hydrogen) atoms. The van der Waals surface area contributed by atoms with Gasteiger partial charge in [0.25, 0.3) is 5.11 Å². The highest BCUT2D eigenvalue weighted by atomic mass is 35.5. The molecule has 8 nitrogen and oxygen atoms in total. The third-order valence-corrected chi connectivity index (χ3v) is 5.94. The summed E-state index contributed by atoms with van der Waals surface area (Å²) in [6, 6.07) is 13.2. The highest BCUT2D eigenvalue weighted by molar-refractivity contribution is 7.80. The molecule has 0 bridgehead atoms. The maximum absolute atomic E-state index is 10.9. The molecule has 4 rings (SSSR count). The first-order valence-corrected chi connectivity index (χ1v) is 10.8. The van der Waals surface area contributed by atoms with Crippen molar-refractivity contribution in [1.82, 2.24) is 14.9 Å². The minimum atomic E-state index is -0.263. The van der Waals surface area contributed by atoms with Crippen LogP contribution in [0, 0.1) is 4.91 Å². The fraction of sp³-hybridized carbons (Fsp3) is 0.250. The minimum absolute atomic E-state index is 0.0126. The number of rotatable bonds is 5. The molecule has 0 unspecified atom stereocenters. The van der Waals surface area contributed by atoms with Gasteiger partial charge in [0.15, 0.2) is 0 Å². The molecule has 1 aliphatic rings. The van der Waals surface area contributed by atoms with Gasteiger partial charge in [-0.15, -0.1) is 4.91 Å². The predicted molar refractivity (Wildman–Crippen MR) is 129 cm³/mol. The summed E-state index contributed by atoms with van der Waals surface area (Å²) >= 11 is 16.9. The fourth-order valence-electron chi connectivity index (χ4n) is 3.72. The first-order valence-electron chi connectivity index (χ1n) is 9.59. The van der Waals surface area contributed by atoms with Crippen molar-refractivity contribution >= 4 is 62.8 Å². The Kier molecular flexibility index (Phi) is 6.47. The summed E-state index contributed by atoms with van der Waals surface area (Å²) in [5, 5.41) is 15.2. The number of piperazine rings is 1. The molecule has 0 atom stereocenters. The number of aromatic hydroxyl groups is 1. The molecule has 11 heteroatoms. The number of anilines is 2. The lowest BCUT2D eigenvalue weighted by Crippen LogP contribution is -2.46. The number of thiocarbonyl (C=S) groups is 1. The molecule has 0 radical (unpaired) electrons. The zero-order chi connectivity index (χ0) is 22.0. The summed E-state index contributed by atoms with van der Waals surface area (Å²) in [6.45, 7) is 3.88. The number of benzene rings is 2. The van der Waals surface area contributed by atoms with E-state index < -0.39 is 0 Å². The molecule has 3 N–H and O–H groups in total. The van der Waals surface area contributed by atoms with E-state index in [-0.39, 0.29) is 11.0 Å². The number of nitrogens with zero attached hydrogens (tertiary/aromatic N) is 4. The van der Waals surface area contributed by atoms with Crippen molar-refractivity contribution in [3.05, 3.63) is 57.4 Å². The van der Waals surface area contributed by atoms with Crippen LogP contribution in [0.1, 0.15) is 0 Å². The van der Waals surface area contributed by atoms with Crippen molar-refractivity contribution in [3.8, 4) is 5.88 Å². The topological polar surface area (TPSA) is 85.1 Å². The average Bonchev–Trinajstić information content (AvgIpc) is 3.03. The lowest BCUT2D eigenvalue weighted by atomic mass is 10.2. The zero-order valence-corrected chi connectivity index (χ0v) is 18.7. The van der Waals surface area contributed by atoms with Crippen molar-refractivity contribution in [2.24, 2.45) is 5.18 Å². The molecule has 2 heterocycles. The second-order valence-corrected chi connectivity index (χ2v) is 8.42.